The van der Waals surface area contributed by atoms with E-state index in [1.807, 2.05) is 0 Å². The molecule has 1 N–H and O–H groups in total. The largest absolute Gasteiger partial charge is 0.380 e. The summed E-state index contributed by atoms with van der Waals surface area (Å²) in [5.74, 6) is -0.377. The Bertz CT molecular complexity index is 265. The lowest BCUT2D eigenvalue weighted by Gasteiger charge is -2.04. The van der Waals surface area contributed by atoms with Crippen LogP contribution < -0.4 is 5.32 Å². The third-order valence-corrected chi connectivity index (χ3v) is 1.83. The van der Waals surface area contributed by atoms with Crippen molar-refractivity contribution in [2.75, 3.05) is 18.5 Å². The molecular weight excluding hydrogens is 228 g/mol. The molecule has 1 nitrogen and oxygen atoms in total. The average Bonchev–Trinajstić information content (AvgIpc) is 2.03. The van der Waals surface area contributed by atoms with Gasteiger partial charge < -0.3 is 5.32 Å². The number of benzene rings is 1. The lowest BCUT2D eigenvalue weighted by molar-refractivity contribution is 0.511. The minimum atomic E-state index is -0.504. The van der Waals surface area contributed by atoms with Crippen molar-refractivity contribution in [3.63, 3.8) is 0 Å². The first-order valence-corrected chi connectivity index (χ1v) is 4.28. The topological polar surface area (TPSA) is 12.0 Å². The van der Waals surface area contributed by atoms with Gasteiger partial charge >= 0.3 is 0 Å². The van der Waals surface area contributed by atoms with Gasteiger partial charge in [-0.15, -0.1) is 0 Å². The molecule has 0 aliphatic heterocycles. The van der Waals surface area contributed by atoms with Gasteiger partial charge in [0.05, 0.1) is 5.69 Å². The van der Waals surface area contributed by atoms with E-state index in [1.165, 1.54) is 6.07 Å². The van der Waals surface area contributed by atoms with Crippen molar-refractivity contribution in [1.82, 2.24) is 0 Å². The van der Waals surface area contributed by atoms with E-state index in [-0.39, 0.29) is 12.4 Å². The van der Waals surface area contributed by atoms with Crippen LogP contribution in [0.2, 0.25) is 0 Å². The smallest absolute Gasteiger partial charge is 0.147 e. The van der Waals surface area contributed by atoms with Gasteiger partial charge in [0.2, 0.25) is 0 Å². The van der Waals surface area contributed by atoms with Gasteiger partial charge in [-0.1, -0.05) is 15.9 Å². The molecule has 0 aromatic heterocycles. The van der Waals surface area contributed by atoms with Gasteiger partial charge in [0, 0.05) is 11.0 Å². The fourth-order valence-corrected chi connectivity index (χ4v) is 1.15. The summed E-state index contributed by atoms with van der Waals surface area (Å²) in [6.45, 7) is -0.367. The highest BCUT2D eigenvalue weighted by atomic mass is 79.9. The van der Waals surface area contributed by atoms with Crippen LogP contribution in [0.5, 0.6) is 0 Å². The minimum Gasteiger partial charge on any atom is -0.380 e. The third kappa shape index (κ3) is 2.44. The van der Waals surface area contributed by atoms with Crippen molar-refractivity contribution in [2.45, 2.75) is 0 Å². The minimum absolute atomic E-state index is 0.137. The van der Waals surface area contributed by atoms with E-state index in [4.69, 9.17) is 0 Å². The zero-order chi connectivity index (χ0) is 8.97. The van der Waals surface area contributed by atoms with Crippen LogP contribution in [-0.2, 0) is 0 Å². The number of halogens is 3. The number of anilines is 1. The molecular formula is C8H8BrF2N. The molecule has 0 fully saturated rings. The second-order valence-corrected chi connectivity index (χ2v) is 3.16. The first-order valence-electron chi connectivity index (χ1n) is 3.49. The van der Waals surface area contributed by atoms with Crippen LogP contribution in [-0.4, -0.2) is 13.2 Å². The van der Waals surface area contributed by atoms with Crippen LogP contribution in [0.3, 0.4) is 0 Å². The summed E-state index contributed by atoms with van der Waals surface area (Å²) < 4.78 is 25.3. The second kappa shape index (κ2) is 4.40. The molecule has 1 aromatic rings. The van der Waals surface area contributed by atoms with Gasteiger partial charge in [0.25, 0.3) is 0 Å². The summed E-state index contributed by atoms with van der Waals surface area (Å²) in [6.07, 6.45) is 0. The van der Waals surface area contributed by atoms with Crippen LogP contribution in [0.1, 0.15) is 0 Å². The quantitative estimate of drug-likeness (QED) is 0.850. The van der Waals surface area contributed by atoms with E-state index in [1.54, 1.807) is 12.1 Å². The number of hydrogen-bond donors (Lipinski definition) is 1. The van der Waals surface area contributed by atoms with Crippen molar-refractivity contribution in [3.05, 3.63) is 28.5 Å². The zero-order valence-electron chi connectivity index (χ0n) is 6.28. The van der Waals surface area contributed by atoms with Crippen LogP contribution in [0.4, 0.5) is 14.5 Å². The van der Waals surface area contributed by atoms with E-state index < -0.39 is 6.67 Å². The van der Waals surface area contributed by atoms with Crippen molar-refractivity contribution in [1.29, 1.82) is 0 Å². The van der Waals surface area contributed by atoms with E-state index >= 15 is 0 Å². The van der Waals surface area contributed by atoms with Gasteiger partial charge in [-0.05, 0) is 18.2 Å². The van der Waals surface area contributed by atoms with Crippen LogP contribution in [0.15, 0.2) is 22.7 Å². The highest BCUT2D eigenvalue weighted by molar-refractivity contribution is 9.10. The monoisotopic (exact) mass is 235 g/mol. The van der Waals surface area contributed by atoms with Gasteiger partial charge in [-0.2, -0.15) is 0 Å². The van der Waals surface area contributed by atoms with E-state index in [0.717, 1.165) is 0 Å². The van der Waals surface area contributed by atoms with Gasteiger partial charge in [0.15, 0.2) is 0 Å². The predicted octanol–water partition coefficient (Wildman–Crippen LogP) is 2.97. The summed E-state index contributed by atoms with van der Waals surface area (Å²) in [7, 11) is 0. The molecule has 0 aliphatic rings. The highest BCUT2D eigenvalue weighted by Crippen LogP contribution is 2.18. The van der Waals surface area contributed by atoms with Crippen LogP contribution >= 0.6 is 15.9 Å². The highest BCUT2D eigenvalue weighted by Gasteiger charge is 2.00. The molecule has 0 unspecified atom stereocenters. The van der Waals surface area contributed by atoms with E-state index in [2.05, 4.69) is 21.2 Å². The molecule has 0 saturated carbocycles. The fourth-order valence-electron chi connectivity index (χ4n) is 0.815. The Balaban J connectivity index is 2.72. The molecule has 0 spiro atoms. The molecule has 12 heavy (non-hydrogen) atoms. The second-order valence-electron chi connectivity index (χ2n) is 2.24. The lowest BCUT2D eigenvalue weighted by atomic mass is 10.3. The first kappa shape index (κ1) is 9.45. The Morgan fingerprint density at radius 2 is 2.17 bits per heavy atom. The summed E-state index contributed by atoms with van der Waals surface area (Å²) >= 11 is 3.12. The van der Waals surface area contributed by atoms with Crippen LogP contribution in [0.25, 0.3) is 0 Å². The molecule has 1 rings (SSSR count). The maximum atomic E-state index is 13.0. The van der Waals surface area contributed by atoms with Crippen LogP contribution in [0, 0.1) is 5.82 Å². The molecule has 1 aromatic carbocycles. The predicted molar refractivity (Wildman–Crippen MR) is 48.6 cm³/mol. The Hall–Kier alpha value is -0.640. The normalized spacial score (nSPS) is 9.92. The summed E-state index contributed by atoms with van der Waals surface area (Å²) in [6, 6.07) is 4.60. The molecule has 0 saturated heterocycles. The number of nitrogens with one attached hydrogen (secondary N) is 1. The number of hydrogen-bond acceptors (Lipinski definition) is 1. The van der Waals surface area contributed by atoms with Crippen molar-refractivity contribution >= 4 is 21.6 Å². The molecule has 0 amide bonds. The lowest BCUT2D eigenvalue weighted by Crippen LogP contribution is -2.04. The Kier molecular flexibility index (Phi) is 3.47. The number of rotatable bonds is 3. The van der Waals surface area contributed by atoms with E-state index in [0.29, 0.717) is 10.2 Å². The molecule has 66 valence electrons. The van der Waals surface area contributed by atoms with Crippen molar-refractivity contribution in [2.24, 2.45) is 0 Å². The molecule has 0 atom stereocenters. The Morgan fingerprint density at radius 3 is 2.75 bits per heavy atom. The maximum absolute atomic E-state index is 13.0. The zero-order valence-corrected chi connectivity index (χ0v) is 7.87. The van der Waals surface area contributed by atoms with Crippen molar-refractivity contribution < 1.29 is 8.78 Å². The summed E-state index contributed by atoms with van der Waals surface area (Å²) in [5.41, 5.74) is 0.329. The first-order chi connectivity index (χ1) is 5.74. The fraction of sp³-hybridized carbons (Fsp3) is 0.250. The van der Waals surface area contributed by atoms with Gasteiger partial charge in [-0.3, -0.25) is 0 Å². The van der Waals surface area contributed by atoms with Gasteiger partial charge in [0.1, 0.15) is 12.5 Å². The molecule has 0 heterocycles. The third-order valence-electron chi connectivity index (χ3n) is 1.34. The average molecular weight is 236 g/mol. The standard InChI is InChI=1S/C8H8BrF2N/c9-6-1-2-8(7(11)5-6)12-4-3-10/h1-2,5,12H,3-4H2. The molecule has 4 heteroatoms. The van der Waals surface area contributed by atoms with E-state index in [9.17, 15) is 8.78 Å². The van der Waals surface area contributed by atoms with Gasteiger partial charge in [-0.25, -0.2) is 8.78 Å². The Labute approximate surface area is 77.9 Å². The molecule has 0 bridgehead atoms. The summed E-state index contributed by atoms with van der Waals surface area (Å²) in [5, 5.41) is 2.62. The number of alkyl halides is 1. The Morgan fingerprint density at radius 1 is 1.42 bits per heavy atom. The van der Waals surface area contributed by atoms with Crippen molar-refractivity contribution in [3.8, 4) is 0 Å². The molecule has 0 aliphatic carbocycles. The SMILES string of the molecule is FCCNc1ccc(Br)cc1F. The molecule has 0 radical (unpaired) electrons. The summed E-state index contributed by atoms with van der Waals surface area (Å²) in [4.78, 5) is 0. The maximum Gasteiger partial charge on any atom is 0.147 e.